The van der Waals surface area contributed by atoms with Crippen LogP contribution in [0.25, 0.3) is 10.8 Å². The van der Waals surface area contributed by atoms with Crippen LogP contribution in [0.15, 0.2) is 30.3 Å². The zero-order valence-corrected chi connectivity index (χ0v) is 13.1. The van der Waals surface area contributed by atoms with Crippen molar-refractivity contribution >= 4 is 22.6 Å². The number of nitrogens with one attached hydrogen (secondary N) is 1. The summed E-state index contributed by atoms with van der Waals surface area (Å²) in [5, 5.41) is 22.9. The first-order valence-corrected chi connectivity index (χ1v) is 7.81. The molecule has 1 amide bonds. The van der Waals surface area contributed by atoms with Crippen LogP contribution in [-0.4, -0.2) is 28.6 Å². The molecule has 2 aromatic carbocycles. The third-order valence-electron chi connectivity index (χ3n) is 3.76. The number of carbonyl (C=O) groups excluding carboxylic acids is 1. The van der Waals surface area contributed by atoms with Crippen molar-refractivity contribution in [2.75, 3.05) is 6.54 Å². The summed E-state index contributed by atoms with van der Waals surface area (Å²) in [5.41, 5.74) is 0.310. The normalized spacial score (nSPS) is 10.7. The number of fused-ring (bicyclic) bond motifs is 1. The topological polar surface area (TPSA) is 86.6 Å². The first-order chi connectivity index (χ1) is 11.0. The molecule has 0 aliphatic carbocycles. The Morgan fingerprint density at radius 1 is 1.04 bits per heavy atom. The zero-order valence-electron chi connectivity index (χ0n) is 13.1. The zero-order chi connectivity index (χ0) is 16.8. The molecule has 5 heteroatoms. The lowest BCUT2D eigenvalue weighted by Gasteiger charge is -2.07. The Bertz CT molecular complexity index is 724. The first kappa shape index (κ1) is 16.8. The van der Waals surface area contributed by atoms with Gasteiger partial charge >= 0.3 is 5.97 Å². The molecule has 0 heterocycles. The van der Waals surface area contributed by atoms with E-state index in [1.807, 2.05) is 0 Å². The highest BCUT2D eigenvalue weighted by Gasteiger charge is 2.12. The van der Waals surface area contributed by atoms with Crippen LogP contribution in [0.2, 0.25) is 0 Å². The molecule has 0 aliphatic rings. The summed E-state index contributed by atoms with van der Waals surface area (Å²) in [6.45, 7) is 2.77. The molecule has 3 N–H and O–H groups in total. The predicted molar refractivity (Wildman–Crippen MR) is 89.0 cm³/mol. The Morgan fingerprint density at radius 2 is 1.83 bits per heavy atom. The molecule has 0 aromatic heterocycles. The van der Waals surface area contributed by atoms with E-state index in [9.17, 15) is 14.7 Å². The molecule has 2 aromatic rings. The molecule has 0 radical (unpaired) electrons. The van der Waals surface area contributed by atoms with Gasteiger partial charge in [-0.1, -0.05) is 32.3 Å². The number of amides is 1. The van der Waals surface area contributed by atoms with Gasteiger partial charge in [0.25, 0.3) is 5.91 Å². The molecule has 0 spiro atoms. The fraction of sp³-hybridized carbons (Fsp3) is 0.333. The molecule has 0 saturated heterocycles. The fourth-order valence-corrected chi connectivity index (χ4v) is 2.45. The average molecular weight is 315 g/mol. The Kier molecular flexibility index (Phi) is 5.57. The second-order valence-corrected chi connectivity index (χ2v) is 5.55. The molecule has 122 valence electrons. The van der Waals surface area contributed by atoms with E-state index in [0.29, 0.717) is 22.9 Å². The number of aromatic carboxylic acids is 1. The Balaban J connectivity index is 2.14. The number of hydrogen-bond acceptors (Lipinski definition) is 3. The molecular weight excluding hydrogens is 294 g/mol. The number of carbonyl (C=O) groups is 2. The van der Waals surface area contributed by atoms with Crippen LogP contribution in [0.5, 0.6) is 5.75 Å². The van der Waals surface area contributed by atoms with Crippen LogP contribution in [0.3, 0.4) is 0 Å². The van der Waals surface area contributed by atoms with E-state index >= 15 is 0 Å². The average Bonchev–Trinajstić information content (AvgIpc) is 2.53. The van der Waals surface area contributed by atoms with Gasteiger partial charge in [-0.3, -0.25) is 4.79 Å². The van der Waals surface area contributed by atoms with Crippen molar-refractivity contribution in [1.29, 1.82) is 0 Å². The van der Waals surface area contributed by atoms with Gasteiger partial charge in [0.15, 0.2) is 0 Å². The van der Waals surface area contributed by atoms with Crippen molar-refractivity contribution in [3.05, 3.63) is 41.5 Å². The van der Waals surface area contributed by atoms with E-state index in [2.05, 4.69) is 12.2 Å². The number of rotatable bonds is 7. The van der Waals surface area contributed by atoms with Gasteiger partial charge in [-0.25, -0.2) is 4.79 Å². The third-order valence-corrected chi connectivity index (χ3v) is 3.76. The summed E-state index contributed by atoms with van der Waals surface area (Å²) in [5.74, 6) is -1.65. The summed E-state index contributed by atoms with van der Waals surface area (Å²) < 4.78 is 0. The van der Waals surface area contributed by atoms with Gasteiger partial charge in [-0.05, 0) is 41.5 Å². The van der Waals surface area contributed by atoms with E-state index in [-0.39, 0.29) is 17.2 Å². The van der Waals surface area contributed by atoms with Crippen LogP contribution in [0, 0.1) is 0 Å². The van der Waals surface area contributed by atoms with Gasteiger partial charge in [0.2, 0.25) is 0 Å². The molecule has 0 fully saturated rings. The molecule has 0 aliphatic heterocycles. The highest BCUT2D eigenvalue weighted by molar-refractivity contribution is 6.01. The van der Waals surface area contributed by atoms with Crippen LogP contribution in [0.4, 0.5) is 0 Å². The van der Waals surface area contributed by atoms with E-state index < -0.39 is 5.97 Å². The fourth-order valence-electron chi connectivity index (χ4n) is 2.45. The van der Waals surface area contributed by atoms with Crippen molar-refractivity contribution in [2.45, 2.75) is 32.6 Å². The van der Waals surface area contributed by atoms with Crippen LogP contribution < -0.4 is 5.32 Å². The molecule has 2 rings (SSSR count). The van der Waals surface area contributed by atoms with Gasteiger partial charge in [0.05, 0.1) is 0 Å². The standard InChI is InChI=1S/C18H21NO4/c1-2-3-4-5-8-19-17(21)13-7-6-12-11-16(20)15(18(22)23)10-14(12)9-13/h6-7,9-11,20H,2-5,8H2,1H3,(H,19,21)(H,22,23). The van der Waals surface area contributed by atoms with Gasteiger partial charge in [0, 0.05) is 12.1 Å². The molecule has 5 nitrogen and oxygen atoms in total. The number of carboxylic acids is 1. The molecule has 0 saturated carbocycles. The number of phenols is 1. The predicted octanol–water partition coefficient (Wildman–Crippen LogP) is 3.55. The third kappa shape index (κ3) is 4.22. The minimum absolute atomic E-state index is 0.172. The maximum atomic E-state index is 12.1. The summed E-state index contributed by atoms with van der Waals surface area (Å²) in [4.78, 5) is 23.2. The summed E-state index contributed by atoms with van der Waals surface area (Å²) in [6, 6.07) is 7.79. The summed E-state index contributed by atoms with van der Waals surface area (Å²) in [6.07, 6.45) is 4.35. The smallest absolute Gasteiger partial charge is 0.339 e. The van der Waals surface area contributed by atoms with Crippen molar-refractivity contribution in [3.63, 3.8) is 0 Å². The van der Waals surface area contributed by atoms with Gasteiger partial charge in [-0.15, -0.1) is 0 Å². The summed E-state index contributed by atoms with van der Waals surface area (Å²) >= 11 is 0. The van der Waals surface area contributed by atoms with Crippen molar-refractivity contribution < 1.29 is 19.8 Å². The number of hydrogen-bond donors (Lipinski definition) is 3. The SMILES string of the molecule is CCCCCCNC(=O)c1ccc2cc(O)c(C(=O)O)cc2c1. The minimum atomic E-state index is -1.20. The van der Waals surface area contributed by atoms with Crippen molar-refractivity contribution in [3.8, 4) is 5.75 Å². The lowest BCUT2D eigenvalue weighted by atomic mass is 10.0. The number of aromatic hydroxyl groups is 1. The van der Waals surface area contributed by atoms with E-state index in [4.69, 9.17) is 5.11 Å². The van der Waals surface area contributed by atoms with Crippen LogP contribution in [-0.2, 0) is 0 Å². The first-order valence-electron chi connectivity index (χ1n) is 7.81. The largest absolute Gasteiger partial charge is 0.507 e. The molecule has 0 atom stereocenters. The van der Waals surface area contributed by atoms with Crippen LogP contribution >= 0.6 is 0 Å². The monoisotopic (exact) mass is 315 g/mol. The van der Waals surface area contributed by atoms with Gasteiger partial charge in [0.1, 0.15) is 11.3 Å². The quantitative estimate of drug-likeness (QED) is 0.682. The number of carboxylic acid groups (broad SMARTS) is 1. The maximum Gasteiger partial charge on any atom is 0.339 e. The molecule has 23 heavy (non-hydrogen) atoms. The van der Waals surface area contributed by atoms with E-state index in [1.54, 1.807) is 18.2 Å². The van der Waals surface area contributed by atoms with E-state index in [0.717, 1.165) is 25.7 Å². The van der Waals surface area contributed by atoms with Crippen LogP contribution in [0.1, 0.15) is 53.3 Å². The Morgan fingerprint density at radius 3 is 2.52 bits per heavy atom. The van der Waals surface area contributed by atoms with Crippen molar-refractivity contribution in [1.82, 2.24) is 5.32 Å². The summed E-state index contributed by atoms with van der Waals surface area (Å²) in [7, 11) is 0. The number of benzene rings is 2. The Hall–Kier alpha value is -2.56. The second kappa shape index (κ2) is 7.63. The Labute approximate surface area is 134 Å². The lowest BCUT2D eigenvalue weighted by molar-refractivity contribution is 0.0693. The molecule has 0 bridgehead atoms. The number of unbranched alkanes of at least 4 members (excludes halogenated alkanes) is 3. The highest BCUT2D eigenvalue weighted by Crippen LogP contribution is 2.26. The molecular formula is C18H21NO4. The molecule has 0 unspecified atom stereocenters. The van der Waals surface area contributed by atoms with Gasteiger partial charge in [-0.2, -0.15) is 0 Å². The van der Waals surface area contributed by atoms with E-state index in [1.165, 1.54) is 12.1 Å². The maximum absolute atomic E-state index is 12.1. The highest BCUT2D eigenvalue weighted by atomic mass is 16.4. The van der Waals surface area contributed by atoms with Crippen molar-refractivity contribution in [2.24, 2.45) is 0 Å². The lowest BCUT2D eigenvalue weighted by Crippen LogP contribution is -2.24. The van der Waals surface area contributed by atoms with Gasteiger partial charge < -0.3 is 15.5 Å². The second-order valence-electron chi connectivity index (χ2n) is 5.55. The minimum Gasteiger partial charge on any atom is -0.507 e.